The molecule has 0 radical (unpaired) electrons. The summed E-state index contributed by atoms with van der Waals surface area (Å²) in [7, 11) is 0. The summed E-state index contributed by atoms with van der Waals surface area (Å²) in [5.41, 5.74) is -0.759. The number of nitrogens with zero attached hydrogens (tertiary/aromatic N) is 1. The number of halogens is 3. The molecule has 0 amide bonds. The van der Waals surface area contributed by atoms with Crippen molar-refractivity contribution in [1.29, 1.82) is 0 Å². The summed E-state index contributed by atoms with van der Waals surface area (Å²) in [5.74, 6) is 0. The van der Waals surface area contributed by atoms with Crippen molar-refractivity contribution in [2.45, 2.75) is 6.18 Å². The first kappa shape index (κ1) is 10.6. The van der Waals surface area contributed by atoms with E-state index in [1.165, 1.54) is 12.1 Å². The SMILES string of the molecule is O=Cc1cccc2ccc(C(F)(F)F)nc12. The topological polar surface area (TPSA) is 30.0 Å². The normalized spacial score (nSPS) is 11.7. The Balaban J connectivity index is 2.73. The lowest BCUT2D eigenvalue weighted by atomic mass is 10.1. The van der Waals surface area contributed by atoms with Crippen LogP contribution in [0.2, 0.25) is 0 Å². The van der Waals surface area contributed by atoms with E-state index < -0.39 is 11.9 Å². The van der Waals surface area contributed by atoms with Crippen LogP contribution in [0.3, 0.4) is 0 Å². The maximum Gasteiger partial charge on any atom is 0.433 e. The van der Waals surface area contributed by atoms with E-state index in [4.69, 9.17) is 0 Å². The number of fused-ring (bicyclic) bond motifs is 1. The Morgan fingerprint density at radius 3 is 2.50 bits per heavy atom. The van der Waals surface area contributed by atoms with Gasteiger partial charge < -0.3 is 0 Å². The smallest absolute Gasteiger partial charge is 0.298 e. The summed E-state index contributed by atoms with van der Waals surface area (Å²) < 4.78 is 37.2. The van der Waals surface area contributed by atoms with E-state index in [0.717, 1.165) is 6.07 Å². The van der Waals surface area contributed by atoms with Gasteiger partial charge in [0.05, 0.1) is 5.52 Å². The van der Waals surface area contributed by atoms with Crippen LogP contribution in [0.15, 0.2) is 30.3 Å². The van der Waals surface area contributed by atoms with E-state index in [-0.39, 0.29) is 11.1 Å². The maximum atomic E-state index is 12.4. The van der Waals surface area contributed by atoms with E-state index in [0.29, 0.717) is 11.7 Å². The van der Waals surface area contributed by atoms with Crippen molar-refractivity contribution < 1.29 is 18.0 Å². The van der Waals surface area contributed by atoms with Gasteiger partial charge in [-0.05, 0) is 12.1 Å². The van der Waals surface area contributed by atoms with Gasteiger partial charge in [0, 0.05) is 10.9 Å². The average Bonchev–Trinajstić information content (AvgIpc) is 2.26. The quantitative estimate of drug-likeness (QED) is 0.698. The first-order chi connectivity index (χ1) is 7.52. The van der Waals surface area contributed by atoms with Gasteiger partial charge in [0.2, 0.25) is 0 Å². The molecule has 1 heterocycles. The zero-order valence-electron chi connectivity index (χ0n) is 7.95. The number of aldehydes is 1. The first-order valence-electron chi connectivity index (χ1n) is 4.44. The number of para-hydroxylation sites is 1. The molecule has 0 aliphatic rings. The highest BCUT2D eigenvalue weighted by Gasteiger charge is 2.32. The zero-order valence-corrected chi connectivity index (χ0v) is 7.95. The predicted octanol–water partition coefficient (Wildman–Crippen LogP) is 3.07. The number of alkyl halides is 3. The Bertz CT molecular complexity index is 548. The van der Waals surface area contributed by atoms with Crippen molar-refractivity contribution in [2.24, 2.45) is 0 Å². The highest BCUT2D eigenvalue weighted by molar-refractivity contribution is 5.95. The van der Waals surface area contributed by atoms with E-state index in [2.05, 4.69) is 4.98 Å². The van der Waals surface area contributed by atoms with Gasteiger partial charge in [-0.3, -0.25) is 4.79 Å². The second kappa shape index (κ2) is 3.59. The number of hydrogen-bond donors (Lipinski definition) is 0. The fourth-order valence-corrected chi connectivity index (χ4v) is 1.42. The third kappa shape index (κ3) is 1.76. The third-order valence-corrected chi connectivity index (χ3v) is 2.17. The van der Waals surface area contributed by atoms with Crippen molar-refractivity contribution in [1.82, 2.24) is 4.98 Å². The molecule has 5 heteroatoms. The summed E-state index contributed by atoms with van der Waals surface area (Å²) >= 11 is 0. The van der Waals surface area contributed by atoms with Crippen LogP contribution < -0.4 is 0 Å². The highest BCUT2D eigenvalue weighted by Crippen LogP contribution is 2.29. The molecule has 2 nitrogen and oxygen atoms in total. The van der Waals surface area contributed by atoms with E-state index in [9.17, 15) is 18.0 Å². The number of hydrogen-bond acceptors (Lipinski definition) is 2. The lowest BCUT2D eigenvalue weighted by Gasteiger charge is -2.07. The van der Waals surface area contributed by atoms with Gasteiger partial charge in [-0.25, -0.2) is 4.98 Å². The van der Waals surface area contributed by atoms with E-state index >= 15 is 0 Å². The number of aromatic nitrogens is 1. The molecule has 0 saturated heterocycles. The Kier molecular flexibility index (Phi) is 2.38. The molecule has 0 aliphatic heterocycles. The molecule has 1 aromatic carbocycles. The van der Waals surface area contributed by atoms with Crippen molar-refractivity contribution in [3.63, 3.8) is 0 Å². The summed E-state index contributed by atoms with van der Waals surface area (Å²) in [6, 6.07) is 6.84. The lowest BCUT2D eigenvalue weighted by molar-refractivity contribution is -0.140. The van der Waals surface area contributed by atoms with Crippen LogP contribution in [0.1, 0.15) is 16.1 Å². The number of pyridine rings is 1. The molecule has 82 valence electrons. The van der Waals surface area contributed by atoms with Gasteiger partial charge >= 0.3 is 6.18 Å². The number of carbonyl (C=O) groups is 1. The Morgan fingerprint density at radius 2 is 1.88 bits per heavy atom. The predicted molar refractivity (Wildman–Crippen MR) is 52.1 cm³/mol. The van der Waals surface area contributed by atoms with Crippen LogP contribution in [0, 0.1) is 0 Å². The minimum Gasteiger partial charge on any atom is -0.298 e. The van der Waals surface area contributed by atoms with E-state index in [1.54, 1.807) is 12.1 Å². The third-order valence-electron chi connectivity index (χ3n) is 2.17. The Labute approximate surface area is 88.7 Å². The van der Waals surface area contributed by atoms with Crippen LogP contribution >= 0.6 is 0 Å². The second-order valence-electron chi connectivity index (χ2n) is 3.23. The molecule has 2 aromatic rings. The van der Waals surface area contributed by atoms with Crippen molar-refractivity contribution in [3.8, 4) is 0 Å². The zero-order chi connectivity index (χ0) is 11.8. The molecule has 0 bridgehead atoms. The number of rotatable bonds is 1. The molecule has 0 saturated carbocycles. The summed E-state index contributed by atoms with van der Waals surface area (Å²) in [5, 5.41) is 0.512. The van der Waals surface area contributed by atoms with Crippen molar-refractivity contribution in [2.75, 3.05) is 0 Å². The fourth-order valence-electron chi connectivity index (χ4n) is 1.42. The van der Waals surface area contributed by atoms with Gasteiger partial charge in [-0.1, -0.05) is 18.2 Å². The molecule has 0 aliphatic carbocycles. The maximum absolute atomic E-state index is 12.4. The van der Waals surface area contributed by atoms with Crippen molar-refractivity contribution in [3.05, 3.63) is 41.6 Å². The number of benzene rings is 1. The van der Waals surface area contributed by atoms with Gasteiger partial charge in [-0.15, -0.1) is 0 Å². The molecule has 0 spiro atoms. The highest BCUT2D eigenvalue weighted by atomic mass is 19.4. The minimum atomic E-state index is -4.50. The van der Waals surface area contributed by atoms with Gasteiger partial charge in [0.25, 0.3) is 0 Å². The molecule has 0 fully saturated rings. The molecule has 0 N–H and O–H groups in total. The average molecular weight is 225 g/mol. The lowest BCUT2D eigenvalue weighted by Crippen LogP contribution is -2.08. The standard InChI is InChI=1S/C11H6F3NO/c12-11(13,14)9-5-4-7-2-1-3-8(6-16)10(7)15-9/h1-6H. The van der Waals surface area contributed by atoms with Gasteiger partial charge in [0.1, 0.15) is 5.69 Å². The summed E-state index contributed by atoms with van der Waals surface area (Å²) in [6.07, 6.45) is -4.00. The first-order valence-corrected chi connectivity index (χ1v) is 4.44. The molecule has 1 aromatic heterocycles. The van der Waals surface area contributed by atoms with Crippen LogP contribution in [0.4, 0.5) is 13.2 Å². The van der Waals surface area contributed by atoms with E-state index in [1.807, 2.05) is 0 Å². The second-order valence-corrected chi connectivity index (χ2v) is 3.23. The molecular formula is C11H6F3NO. The summed E-state index contributed by atoms with van der Waals surface area (Å²) in [4.78, 5) is 14.1. The van der Waals surface area contributed by atoms with Crippen molar-refractivity contribution >= 4 is 17.2 Å². The van der Waals surface area contributed by atoms with Crippen LogP contribution in [0.25, 0.3) is 10.9 Å². The largest absolute Gasteiger partial charge is 0.433 e. The summed E-state index contributed by atoms with van der Waals surface area (Å²) in [6.45, 7) is 0. The minimum absolute atomic E-state index is 0.0762. The van der Waals surface area contributed by atoms with Crippen LogP contribution in [-0.2, 0) is 6.18 Å². The molecule has 0 unspecified atom stereocenters. The van der Waals surface area contributed by atoms with Crippen LogP contribution in [-0.4, -0.2) is 11.3 Å². The molecule has 16 heavy (non-hydrogen) atoms. The van der Waals surface area contributed by atoms with Gasteiger partial charge in [0.15, 0.2) is 6.29 Å². The van der Waals surface area contributed by atoms with Gasteiger partial charge in [-0.2, -0.15) is 13.2 Å². The van der Waals surface area contributed by atoms with Crippen LogP contribution in [0.5, 0.6) is 0 Å². The monoisotopic (exact) mass is 225 g/mol. The molecular weight excluding hydrogens is 219 g/mol. The molecule has 0 atom stereocenters. The fraction of sp³-hybridized carbons (Fsp3) is 0.0909. The Hall–Kier alpha value is -1.91. The molecule has 2 rings (SSSR count). The Morgan fingerprint density at radius 1 is 1.12 bits per heavy atom. The number of carbonyl (C=O) groups excluding carboxylic acids is 1.